The second-order valence-electron chi connectivity index (χ2n) is 4.97. The SMILES string of the molecule is CC1(c2ccc(-c3ccccc3)cc2)N=C(N)NC1=O. The first kappa shape index (κ1) is 12.4. The first-order valence-corrected chi connectivity index (χ1v) is 6.42. The molecule has 1 aliphatic heterocycles. The third kappa shape index (κ3) is 1.95. The van der Waals surface area contributed by atoms with Crippen molar-refractivity contribution in [2.75, 3.05) is 0 Å². The van der Waals surface area contributed by atoms with E-state index in [4.69, 9.17) is 5.73 Å². The molecule has 1 unspecified atom stereocenters. The molecular formula is C16H15N3O. The number of benzene rings is 2. The standard InChI is InChI=1S/C16H15N3O/c1-16(14(20)18-15(17)19-16)13-9-7-12(8-10-13)11-5-3-2-4-6-11/h2-10H,1H3,(H3,17,18,19,20). The van der Waals surface area contributed by atoms with Crippen LogP contribution in [0.1, 0.15) is 12.5 Å². The Kier molecular flexibility index (Phi) is 2.79. The van der Waals surface area contributed by atoms with Crippen LogP contribution < -0.4 is 11.1 Å². The van der Waals surface area contributed by atoms with E-state index in [9.17, 15) is 4.79 Å². The molecule has 4 nitrogen and oxygen atoms in total. The van der Waals surface area contributed by atoms with E-state index in [2.05, 4.69) is 22.4 Å². The summed E-state index contributed by atoms with van der Waals surface area (Å²) in [7, 11) is 0. The van der Waals surface area contributed by atoms with Crippen LogP contribution in [0, 0.1) is 0 Å². The highest BCUT2D eigenvalue weighted by molar-refractivity contribution is 6.06. The number of nitrogens with two attached hydrogens (primary N) is 1. The molecule has 0 aliphatic carbocycles. The topological polar surface area (TPSA) is 67.5 Å². The predicted molar refractivity (Wildman–Crippen MR) is 79.0 cm³/mol. The molecule has 0 saturated heterocycles. The Bertz CT molecular complexity index is 677. The largest absolute Gasteiger partial charge is 0.370 e. The van der Waals surface area contributed by atoms with E-state index < -0.39 is 5.54 Å². The Balaban J connectivity index is 1.97. The van der Waals surface area contributed by atoms with Crippen LogP contribution in [-0.4, -0.2) is 11.9 Å². The first-order valence-electron chi connectivity index (χ1n) is 6.42. The van der Waals surface area contributed by atoms with E-state index in [1.165, 1.54) is 0 Å². The molecule has 4 heteroatoms. The fourth-order valence-electron chi connectivity index (χ4n) is 2.37. The van der Waals surface area contributed by atoms with E-state index in [0.29, 0.717) is 0 Å². The molecule has 3 N–H and O–H groups in total. The Hall–Kier alpha value is -2.62. The molecule has 2 aromatic carbocycles. The maximum Gasteiger partial charge on any atom is 0.259 e. The zero-order valence-corrected chi connectivity index (χ0v) is 11.1. The summed E-state index contributed by atoms with van der Waals surface area (Å²) in [6, 6.07) is 17.9. The lowest BCUT2D eigenvalue weighted by molar-refractivity contribution is -0.123. The van der Waals surface area contributed by atoms with Gasteiger partial charge < -0.3 is 5.73 Å². The number of hydrogen-bond donors (Lipinski definition) is 2. The maximum atomic E-state index is 12.0. The van der Waals surface area contributed by atoms with E-state index >= 15 is 0 Å². The number of aliphatic imine (C=N–C) groups is 1. The number of carbonyl (C=O) groups excluding carboxylic acids is 1. The molecule has 1 aliphatic rings. The number of carbonyl (C=O) groups is 1. The average Bonchev–Trinajstić information content (AvgIpc) is 2.74. The van der Waals surface area contributed by atoms with Crippen LogP contribution in [0.2, 0.25) is 0 Å². The Morgan fingerprint density at radius 2 is 1.60 bits per heavy atom. The molecule has 1 amide bonds. The third-order valence-electron chi connectivity index (χ3n) is 3.58. The van der Waals surface area contributed by atoms with Gasteiger partial charge in [0.1, 0.15) is 0 Å². The minimum Gasteiger partial charge on any atom is -0.370 e. The highest BCUT2D eigenvalue weighted by Gasteiger charge is 2.39. The average molecular weight is 265 g/mol. The summed E-state index contributed by atoms with van der Waals surface area (Å²) < 4.78 is 0. The second-order valence-corrected chi connectivity index (χ2v) is 4.97. The summed E-state index contributed by atoms with van der Waals surface area (Å²) in [5, 5.41) is 2.54. The van der Waals surface area contributed by atoms with E-state index in [1.54, 1.807) is 6.92 Å². The predicted octanol–water partition coefficient (Wildman–Crippen LogP) is 2.01. The highest BCUT2D eigenvalue weighted by atomic mass is 16.2. The highest BCUT2D eigenvalue weighted by Crippen LogP contribution is 2.30. The van der Waals surface area contributed by atoms with Crippen molar-refractivity contribution in [2.24, 2.45) is 10.7 Å². The third-order valence-corrected chi connectivity index (χ3v) is 3.58. The van der Waals surface area contributed by atoms with Crippen molar-refractivity contribution in [1.29, 1.82) is 0 Å². The summed E-state index contributed by atoms with van der Waals surface area (Å²) in [4.78, 5) is 16.2. The molecule has 0 aromatic heterocycles. The van der Waals surface area contributed by atoms with Crippen molar-refractivity contribution in [3.8, 4) is 11.1 Å². The van der Waals surface area contributed by atoms with Gasteiger partial charge in [-0.05, 0) is 23.6 Å². The number of guanidine groups is 1. The Morgan fingerprint density at radius 1 is 1.00 bits per heavy atom. The zero-order valence-electron chi connectivity index (χ0n) is 11.1. The fraction of sp³-hybridized carbons (Fsp3) is 0.125. The molecule has 2 aromatic rings. The molecule has 1 atom stereocenters. The molecule has 0 radical (unpaired) electrons. The molecule has 0 bridgehead atoms. The van der Waals surface area contributed by atoms with Crippen molar-refractivity contribution in [3.05, 3.63) is 60.2 Å². The van der Waals surface area contributed by atoms with Crippen molar-refractivity contribution >= 4 is 11.9 Å². The summed E-state index contributed by atoms with van der Waals surface area (Å²) in [5.74, 6) is -0.0212. The van der Waals surface area contributed by atoms with Gasteiger partial charge in [-0.15, -0.1) is 0 Å². The fourth-order valence-corrected chi connectivity index (χ4v) is 2.37. The Labute approximate surface area is 117 Å². The molecule has 1 heterocycles. The normalized spacial score (nSPS) is 21.4. The summed E-state index contributed by atoms with van der Waals surface area (Å²) >= 11 is 0. The molecule has 100 valence electrons. The van der Waals surface area contributed by atoms with Crippen LogP contribution in [0.4, 0.5) is 0 Å². The molecule has 3 rings (SSSR count). The Morgan fingerprint density at radius 3 is 2.15 bits per heavy atom. The maximum absolute atomic E-state index is 12.0. The van der Waals surface area contributed by atoms with E-state index in [-0.39, 0.29) is 11.9 Å². The molecule has 0 fully saturated rings. The number of amides is 1. The van der Waals surface area contributed by atoms with Gasteiger partial charge in [-0.1, -0.05) is 54.6 Å². The van der Waals surface area contributed by atoms with Gasteiger partial charge in [0.25, 0.3) is 5.91 Å². The number of nitrogens with one attached hydrogen (secondary N) is 1. The van der Waals surface area contributed by atoms with Crippen LogP contribution in [-0.2, 0) is 10.3 Å². The quantitative estimate of drug-likeness (QED) is 0.872. The van der Waals surface area contributed by atoms with Gasteiger partial charge in [0, 0.05) is 0 Å². The van der Waals surface area contributed by atoms with Gasteiger partial charge in [-0.2, -0.15) is 0 Å². The van der Waals surface area contributed by atoms with Crippen LogP contribution in [0.25, 0.3) is 11.1 Å². The molecule has 20 heavy (non-hydrogen) atoms. The van der Waals surface area contributed by atoms with Crippen molar-refractivity contribution in [3.63, 3.8) is 0 Å². The van der Waals surface area contributed by atoms with Gasteiger partial charge >= 0.3 is 0 Å². The summed E-state index contributed by atoms with van der Waals surface area (Å²) in [6.45, 7) is 1.76. The number of rotatable bonds is 2. The lowest BCUT2D eigenvalue weighted by atomic mass is 9.91. The molecular weight excluding hydrogens is 250 g/mol. The van der Waals surface area contributed by atoms with E-state index in [1.807, 2.05) is 42.5 Å². The van der Waals surface area contributed by atoms with Gasteiger partial charge in [0.05, 0.1) is 0 Å². The van der Waals surface area contributed by atoms with Crippen molar-refractivity contribution in [1.82, 2.24) is 5.32 Å². The number of nitrogens with zero attached hydrogens (tertiary/aromatic N) is 1. The lowest BCUT2D eigenvalue weighted by Gasteiger charge is -2.18. The summed E-state index contributed by atoms with van der Waals surface area (Å²) in [5.41, 5.74) is 7.72. The first-order chi connectivity index (χ1) is 9.59. The van der Waals surface area contributed by atoms with Gasteiger partial charge in [0.15, 0.2) is 11.5 Å². The number of hydrogen-bond acceptors (Lipinski definition) is 3. The zero-order chi connectivity index (χ0) is 14.2. The molecule has 0 saturated carbocycles. The second kappa shape index (κ2) is 4.49. The lowest BCUT2D eigenvalue weighted by Crippen LogP contribution is -2.37. The monoisotopic (exact) mass is 265 g/mol. The van der Waals surface area contributed by atoms with Crippen LogP contribution >= 0.6 is 0 Å². The van der Waals surface area contributed by atoms with Gasteiger partial charge in [-0.25, -0.2) is 4.99 Å². The van der Waals surface area contributed by atoms with E-state index in [0.717, 1.165) is 16.7 Å². The van der Waals surface area contributed by atoms with Crippen LogP contribution in [0.3, 0.4) is 0 Å². The molecule has 0 spiro atoms. The van der Waals surface area contributed by atoms with Crippen LogP contribution in [0.5, 0.6) is 0 Å². The minimum atomic E-state index is -0.931. The van der Waals surface area contributed by atoms with Gasteiger partial charge in [-0.3, -0.25) is 10.1 Å². The van der Waals surface area contributed by atoms with Crippen molar-refractivity contribution in [2.45, 2.75) is 12.5 Å². The summed E-state index contributed by atoms with van der Waals surface area (Å²) in [6.07, 6.45) is 0. The minimum absolute atomic E-state index is 0.171. The van der Waals surface area contributed by atoms with Crippen LogP contribution in [0.15, 0.2) is 59.6 Å². The van der Waals surface area contributed by atoms with Gasteiger partial charge in [0.2, 0.25) is 0 Å². The smallest absolute Gasteiger partial charge is 0.259 e. The van der Waals surface area contributed by atoms with Crippen molar-refractivity contribution < 1.29 is 4.79 Å².